The molecule has 0 atom stereocenters. The zero-order valence-corrected chi connectivity index (χ0v) is 43.5. The van der Waals surface area contributed by atoms with Crippen molar-refractivity contribution in [3.05, 3.63) is 206 Å². The number of ether oxygens (including phenoxy) is 4. The molecule has 3 aromatic heterocycles. The Labute approximate surface area is 440 Å². The van der Waals surface area contributed by atoms with Gasteiger partial charge >= 0.3 is 0 Å². The number of pyridine rings is 1. The van der Waals surface area contributed by atoms with Gasteiger partial charge in [-0.3, -0.25) is 13.7 Å². The van der Waals surface area contributed by atoms with Gasteiger partial charge in [0, 0.05) is 40.1 Å². The summed E-state index contributed by atoms with van der Waals surface area (Å²) in [7, 11) is -2.25. The average Bonchev–Trinajstić information content (AvgIpc) is 4.18. The van der Waals surface area contributed by atoms with Gasteiger partial charge in [0.25, 0.3) is 13.0 Å². The standard InChI is InChI=1S/C66H47BN4O4Si/c1-66(2,3)41-32-33-68-58(34-41)71-48-35-42(28-30-46(48)59-50(71)37-55-62-65(59)75-54-26-15-24-52-61(54)67(62)60-51(73-52)23-14-25-53(60)74-55)72-43-29-31-56-49(36-43)70-38-69(47-22-13-27-57(64(47)70)76(56,4)5)63-44(39-16-8-6-9-17-39)20-12-21-45(63)40-18-10-7-11-19-40/h6-37H,1-5H3. The Morgan fingerprint density at radius 1 is 0.579 bits per heavy atom. The molecule has 12 aromatic rings. The summed E-state index contributed by atoms with van der Waals surface area (Å²) >= 11 is 0. The summed E-state index contributed by atoms with van der Waals surface area (Å²) in [6.45, 7) is 11.5. The highest BCUT2D eigenvalue weighted by atomic mass is 28.3. The third-order valence-corrected chi connectivity index (χ3v) is 19.8. The molecule has 0 spiro atoms. The molecule has 0 amide bonds. The van der Waals surface area contributed by atoms with Crippen molar-refractivity contribution < 1.29 is 23.5 Å². The predicted molar refractivity (Wildman–Crippen MR) is 306 cm³/mol. The number of hydrogen-bond acceptors (Lipinski definition) is 5. The first-order valence-corrected chi connectivity index (χ1v) is 29.0. The third-order valence-electron chi connectivity index (χ3n) is 16.3. The van der Waals surface area contributed by atoms with Crippen LogP contribution in [0, 0.1) is 6.33 Å². The van der Waals surface area contributed by atoms with Gasteiger partial charge < -0.3 is 18.9 Å². The summed E-state index contributed by atoms with van der Waals surface area (Å²) in [5, 5.41) is 4.71. The summed E-state index contributed by atoms with van der Waals surface area (Å²) in [6.07, 6.45) is 5.87. The van der Waals surface area contributed by atoms with E-state index in [1.807, 2.05) is 36.5 Å². The minimum Gasteiger partial charge on any atom is -0.458 e. The van der Waals surface area contributed by atoms with Crippen molar-refractivity contribution >= 4 is 74.4 Å². The minimum atomic E-state index is -2.25. The molecule has 10 heteroatoms. The maximum absolute atomic E-state index is 7.10. The fourth-order valence-corrected chi connectivity index (χ4v) is 15.7. The Morgan fingerprint density at radius 3 is 1.91 bits per heavy atom. The lowest BCUT2D eigenvalue weighted by atomic mass is 9.34. The van der Waals surface area contributed by atoms with Crippen LogP contribution in [0.4, 0.5) is 0 Å². The fourth-order valence-electron chi connectivity index (χ4n) is 12.7. The monoisotopic (exact) mass is 998 g/mol. The van der Waals surface area contributed by atoms with Crippen molar-refractivity contribution in [2.75, 3.05) is 0 Å². The summed E-state index contributed by atoms with van der Waals surface area (Å²) in [6, 6.07) is 66.5. The molecule has 0 N–H and O–H groups in total. The van der Waals surface area contributed by atoms with Gasteiger partial charge in [-0.2, -0.15) is 0 Å². The van der Waals surface area contributed by atoms with Crippen molar-refractivity contribution in [3.8, 4) is 85.4 Å². The average molecular weight is 999 g/mol. The minimum absolute atomic E-state index is 0.115. The highest BCUT2D eigenvalue weighted by molar-refractivity contribution is 7.02. The number of benzene rings is 9. The van der Waals surface area contributed by atoms with Gasteiger partial charge in [-0.15, -0.1) is 0 Å². The second-order valence-electron chi connectivity index (χ2n) is 22.0. The van der Waals surface area contributed by atoms with Crippen LogP contribution in [0.25, 0.3) is 72.3 Å². The molecule has 16 rings (SSSR count). The summed E-state index contributed by atoms with van der Waals surface area (Å²) in [5.74, 6) is 6.95. The maximum Gasteiger partial charge on any atom is 0.270 e. The van der Waals surface area contributed by atoms with Crippen LogP contribution in [-0.2, 0) is 5.41 Å². The molecule has 76 heavy (non-hydrogen) atoms. The SMILES string of the molecule is CC(C)(C)c1ccnc(-n2c3cc(Oc4ccc5c(c4)-n4[c-][n+](-c6c(-c7ccccc7)cccc6-c6ccccc6)c6cccc(c64)[Si]5(C)C)ccc3c3c4c5c(cc32)Oc2cccc3c2B5c2c(cccc2O4)O3)c1. The van der Waals surface area contributed by atoms with E-state index < -0.39 is 8.07 Å². The Balaban J connectivity index is 0.878. The largest absolute Gasteiger partial charge is 0.458 e. The number of rotatable bonds is 6. The van der Waals surface area contributed by atoms with E-state index in [0.29, 0.717) is 5.75 Å². The lowest BCUT2D eigenvalue weighted by Gasteiger charge is -2.37. The van der Waals surface area contributed by atoms with Crippen LogP contribution in [0.5, 0.6) is 46.0 Å². The van der Waals surface area contributed by atoms with Crippen LogP contribution in [0.2, 0.25) is 13.1 Å². The van der Waals surface area contributed by atoms with Gasteiger partial charge in [0.1, 0.15) is 59.9 Å². The number of fused-ring (bicyclic) bond motifs is 6. The molecule has 9 aromatic carbocycles. The quantitative estimate of drug-likeness (QED) is 0.0943. The van der Waals surface area contributed by atoms with E-state index in [1.54, 1.807) is 0 Å². The summed E-state index contributed by atoms with van der Waals surface area (Å²) < 4.78 is 34.4. The van der Waals surface area contributed by atoms with E-state index in [4.69, 9.17) is 23.9 Å². The van der Waals surface area contributed by atoms with Gasteiger partial charge in [0.15, 0.2) is 0 Å². The lowest BCUT2D eigenvalue weighted by Crippen LogP contribution is -2.59. The number of para-hydroxylation sites is 2. The molecule has 362 valence electrons. The van der Waals surface area contributed by atoms with Gasteiger partial charge in [0.2, 0.25) is 0 Å². The summed E-state index contributed by atoms with van der Waals surface area (Å²) in [4.78, 5) is 5.08. The second-order valence-corrected chi connectivity index (χ2v) is 26.4. The molecule has 0 aliphatic carbocycles. The first-order chi connectivity index (χ1) is 37.1. The maximum atomic E-state index is 7.10. The molecule has 4 aliphatic rings. The van der Waals surface area contributed by atoms with E-state index >= 15 is 0 Å². The smallest absolute Gasteiger partial charge is 0.270 e. The van der Waals surface area contributed by atoms with E-state index in [9.17, 15) is 0 Å². The Bertz CT molecular complexity index is 4430. The topological polar surface area (TPSA) is 63.6 Å². The number of nitrogens with zero attached hydrogens (tertiary/aromatic N) is 4. The molecule has 0 bridgehead atoms. The Kier molecular flexibility index (Phi) is 8.81. The van der Waals surface area contributed by atoms with E-state index in [1.165, 1.54) is 21.5 Å². The first-order valence-electron chi connectivity index (χ1n) is 26.0. The molecule has 0 fully saturated rings. The molecule has 0 unspecified atom stereocenters. The van der Waals surface area contributed by atoms with Crippen molar-refractivity contribution in [2.45, 2.75) is 39.3 Å². The zero-order valence-electron chi connectivity index (χ0n) is 42.5. The second kappa shape index (κ2) is 15.5. The Hall–Kier alpha value is -9.12. The van der Waals surface area contributed by atoms with Crippen molar-refractivity contribution in [2.24, 2.45) is 0 Å². The van der Waals surface area contributed by atoms with Gasteiger partial charge in [-0.25, -0.2) is 4.98 Å². The van der Waals surface area contributed by atoms with Crippen LogP contribution in [0.3, 0.4) is 0 Å². The molecule has 4 aliphatic heterocycles. The normalized spacial score (nSPS) is 14.0. The van der Waals surface area contributed by atoms with Crippen molar-refractivity contribution in [3.63, 3.8) is 0 Å². The van der Waals surface area contributed by atoms with Crippen LogP contribution in [0.15, 0.2) is 194 Å². The molecule has 0 saturated heterocycles. The highest BCUT2D eigenvalue weighted by Crippen LogP contribution is 2.48. The molecule has 0 radical (unpaired) electrons. The zero-order chi connectivity index (χ0) is 50.8. The van der Waals surface area contributed by atoms with Gasteiger partial charge in [-0.05, 0) is 104 Å². The van der Waals surface area contributed by atoms with E-state index in [-0.39, 0.29) is 12.1 Å². The molecule has 0 saturated carbocycles. The van der Waals surface area contributed by atoms with Crippen LogP contribution < -0.4 is 50.3 Å². The Morgan fingerprint density at radius 2 is 1.21 bits per heavy atom. The van der Waals surface area contributed by atoms with E-state index in [0.717, 1.165) is 123 Å². The molecule has 7 heterocycles. The van der Waals surface area contributed by atoms with Gasteiger partial charge in [0.05, 0.1) is 38.8 Å². The molecular formula is C66H47BN4O4Si. The molecule has 8 nitrogen and oxygen atoms in total. The number of hydrogen-bond donors (Lipinski definition) is 0. The highest BCUT2D eigenvalue weighted by Gasteiger charge is 2.47. The van der Waals surface area contributed by atoms with Crippen molar-refractivity contribution in [1.82, 2.24) is 14.1 Å². The molecular weight excluding hydrogens is 952 g/mol. The van der Waals surface area contributed by atoms with Gasteiger partial charge in [-0.1, -0.05) is 149 Å². The first kappa shape index (κ1) is 43.3. The van der Waals surface area contributed by atoms with Crippen LogP contribution in [0.1, 0.15) is 26.3 Å². The summed E-state index contributed by atoms with van der Waals surface area (Å²) in [5.41, 5.74) is 15.0. The third kappa shape index (κ3) is 6.07. The predicted octanol–water partition coefficient (Wildman–Crippen LogP) is 12.6. The fraction of sp³-hybridized carbons (Fsp3) is 0.0909. The van der Waals surface area contributed by atoms with Crippen LogP contribution >= 0.6 is 0 Å². The number of imidazole rings is 1. The number of aromatic nitrogens is 4. The van der Waals surface area contributed by atoms with Crippen molar-refractivity contribution in [1.29, 1.82) is 0 Å². The lowest BCUT2D eigenvalue weighted by molar-refractivity contribution is -0.571. The van der Waals surface area contributed by atoms with E-state index in [2.05, 4.69) is 212 Å². The van der Waals surface area contributed by atoms with Crippen LogP contribution in [-0.4, -0.2) is 28.9 Å².